The van der Waals surface area contributed by atoms with E-state index in [1.807, 2.05) is 26.8 Å². The summed E-state index contributed by atoms with van der Waals surface area (Å²) < 4.78 is 27.4. The van der Waals surface area contributed by atoms with Crippen LogP contribution in [0, 0.1) is 0 Å². The highest BCUT2D eigenvalue weighted by molar-refractivity contribution is 7.92. The van der Waals surface area contributed by atoms with E-state index in [1.54, 1.807) is 36.0 Å². The van der Waals surface area contributed by atoms with Crippen molar-refractivity contribution in [3.8, 4) is 0 Å². The third kappa shape index (κ3) is 4.39. The van der Waals surface area contributed by atoms with Crippen LogP contribution in [0.15, 0.2) is 35.4 Å². The standard InChI is InChI=1S/C17H23N5O2S.C2H6/c1-4-5-6-7-10-25(23,24)15-16(18-2)20-22-14-8-9-21(3)12-13(14)11-19-17(15)22;1-2/h4-7,11H,8-10,12H2,1-3H3,(H,18,20);1-2H3/b5-4-,7-6-;. The van der Waals surface area contributed by atoms with Gasteiger partial charge < -0.3 is 10.2 Å². The van der Waals surface area contributed by atoms with Crippen molar-refractivity contribution in [1.29, 1.82) is 0 Å². The Morgan fingerprint density at radius 2 is 2.04 bits per heavy atom. The molecule has 0 saturated heterocycles. The van der Waals surface area contributed by atoms with Gasteiger partial charge >= 0.3 is 0 Å². The molecule has 0 radical (unpaired) electrons. The molecule has 148 valence electrons. The summed E-state index contributed by atoms with van der Waals surface area (Å²) in [5.74, 6) is 0.258. The first-order chi connectivity index (χ1) is 13.0. The van der Waals surface area contributed by atoms with E-state index < -0.39 is 9.84 Å². The van der Waals surface area contributed by atoms with Gasteiger partial charge in [-0.1, -0.05) is 38.2 Å². The van der Waals surface area contributed by atoms with Gasteiger partial charge in [0.05, 0.1) is 11.4 Å². The van der Waals surface area contributed by atoms with Crippen molar-refractivity contribution in [2.75, 3.05) is 31.7 Å². The normalized spacial score (nSPS) is 15.1. The van der Waals surface area contributed by atoms with Gasteiger partial charge in [0.2, 0.25) is 0 Å². The maximum absolute atomic E-state index is 12.9. The molecule has 8 heteroatoms. The second-order valence-corrected chi connectivity index (χ2v) is 8.09. The number of fused-ring (bicyclic) bond motifs is 3. The van der Waals surface area contributed by atoms with Crippen molar-refractivity contribution in [3.05, 3.63) is 41.8 Å². The monoisotopic (exact) mass is 391 g/mol. The first-order valence-corrected chi connectivity index (χ1v) is 10.9. The minimum Gasteiger partial charge on any atom is -0.371 e. The highest BCUT2D eigenvalue weighted by atomic mass is 32.2. The predicted molar refractivity (Wildman–Crippen MR) is 110 cm³/mol. The highest BCUT2D eigenvalue weighted by Gasteiger charge is 2.28. The first-order valence-electron chi connectivity index (χ1n) is 9.24. The number of likely N-dealkylation sites (N-methyl/N-ethyl adjacent to an activating group) is 1. The molecule has 0 spiro atoms. The number of allylic oxidation sites excluding steroid dienone is 3. The molecule has 0 saturated carbocycles. The van der Waals surface area contributed by atoms with Crippen molar-refractivity contribution >= 4 is 21.3 Å². The molecule has 0 fully saturated rings. The third-order valence-electron chi connectivity index (χ3n) is 4.26. The smallest absolute Gasteiger partial charge is 0.189 e. The summed E-state index contributed by atoms with van der Waals surface area (Å²) in [6, 6.07) is 0. The molecular formula is C19H29N5O2S. The zero-order valence-electron chi connectivity index (χ0n) is 16.7. The van der Waals surface area contributed by atoms with E-state index in [0.29, 0.717) is 11.5 Å². The molecular weight excluding hydrogens is 362 g/mol. The van der Waals surface area contributed by atoms with E-state index in [-0.39, 0.29) is 10.6 Å². The number of aromatic nitrogens is 3. The molecule has 3 rings (SSSR count). The van der Waals surface area contributed by atoms with Crippen LogP contribution in [-0.4, -0.2) is 54.3 Å². The first kappa shape index (κ1) is 21.1. The minimum atomic E-state index is -3.54. The van der Waals surface area contributed by atoms with Crippen molar-refractivity contribution in [1.82, 2.24) is 19.5 Å². The lowest BCUT2D eigenvalue weighted by atomic mass is 10.1. The largest absolute Gasteiger partial charge is 0.371 e. The van der Waals surface area contributed by atoms with Crippen LogP contribution in [0.3, 0.4) is 0 Å². The summed E-state index contributed by atoms with van der Waals surface area (Å²) in [5, 5.41) is 7.40. The topological polar surface area (TPSA) is 79.6 Å². The van der Waals surface area contributed by atoms with E-state index >= 15 is 0 Å². The lowest BCUT2D eigenvalue weighted by molar-refractivity contribution is 0.307. The van der Waals surface area contributed by atoms with Crippen molar-refractivity contribution in [3.63, 3.8) is 0 Å². The van der Waals surface area contributed by atoms with Gasteiger partial charge in [0.25, 0.3) is 0 Å². The van der Waals surface area contributed by atoms with E-state index in [2.05, 4.69) is 27.3 Å². The Balaban J connectivity index is 0.00000126. The maximum Gasteiger partial charge on any atom is 0.189 e. The molecule has 3 heterocycles. The predicted octanol–water partition coefficient (Wildman–Crippen LogP) is 2.69. The van der Waals surface area contributed by atoms with Crippen LogP contribution in [0.4, 0.5) is 5.82 Å². The van der Waals surface area contributed by atoms with Gasteiger partial charge in [0.1, 0.15) is 0 Å². The van der Waals surface area contributed by atoms with Gasteiger partial charge in [-0.15, -0.1) is 5.10 Å². The SMILES string of the molecule is C/C=C\C=C/CS(=O)(=O)c1c(NC)nn2c3c(cnc12)CN(C)CC3.CC. The van der Waals surface area contributed by atoms with Gasteiger partial charge in [-0.05, 0) is 14.0 Å². The zero-order valence-corrected chi connectivity index (χ0v) is 17.5. The molecule has 0 aromatic carbocycles. The summed E-state index contributed by atoms with van der Waals surface area (Å²) in [6.45, 7) is 7.59. The maximum atomic E-state index is 12.9. The molecule has 27 heavy (non-hydrogen) atoms. The highest BCUT2D eigenvalue weighted by Crippen LogP contribution is 2.28. The average molecular weight is 392 g/mol. The molecule has 1 N–H and O–H groups in total. The van der Waals surface area contributed by atoms with E-state index in [0.717, 1.165) is 30.8 Å². The number of nitrogens with one attached hydrogen (secondary N) is 1. The van der Waals surface area contributed by atoms with Crippen LogP contribution in [0.2, 0.25) is 0 Å². The second-order valence-electron chi connectivity index (χ2n) is 6.12. The van der Waals surface area contributed by atoms with Gasteiger partial charge in [-0.25, -0.2) is 17.9 Å². The fraction of sp³-hybridized carbons (Fsp3) is 0.474. The Bertz CT molecular complexity index is 945. The molecule has 0 amide bonds. The Morgan fingerprint density at radius 3 is 2.70 bits per heavy atom. The van der Waals surface area contributed by atoms with Crippen LogP contribution in [0.1, 0.15) is 32.0 Å². The van der Waals surface area contributed by atoms with Gasteiger partial charge in [-0.2, -0.15) is 0 Å². The second kappa shape index (κ2) is 9.14. The fourth-order valence-corrected chi connectivity index (χ4v) is 4.40. The Labute approximate surface area is 161 Å². The summed E-state index contributed by atoms with van der Waals surface area (Å²) in [6.07, 6.45) is 9.60. The van der Waals surface area contributed by atoms with E-state index in [9.17, 15) is 8.42 Å². The average Bonchev–Trinajstić information content (AvgIpc) is 3.06. The molecule has 1 aliphatic rings. The summed E-state index contributed by atoms with van der Waals surface area (Å²) >= 11 is 0. The van der Waals surface area contributed by atoms with Gasteiger partial charge in [0.15, 0.2) is 26.2 Å². The Kier molecular flexibility index (Phi) is 7.15. The molecule has 0 unspecified atom stereocenters. The molecule has 0 atom stereocenters. The van der Waals surface area contributed by atoms with Gasteiger partial charge in [-0.3, -0.25) is 0 Å². The number of anilines is 1. The van der Waals surface area contributed by atoms with Crippen LogP contribution in [-0.2, 0) is 22.8 Å². The van der Waals surface area contributed by atoms with Crippen molar-refractivity contribution < 1.29 is 8.42 Å². The third-order valence-corrected chi connectivity index (χ3v) is 5.89. The van der Waals surface area contributed by atoms with E-state index in [1.165, 1.54) is 0 Å². The summed E-state index contributed by atoms with van der Waals surface area (Å²) in [5.41, 5.74) is 2.51. The minimum absolute atomic E-state index is 0.0884. The Morgan fingerprint density at radius 1 is 1.30 bits per heavy atom. The molecule has 1 aliphatic heterocycles. The number of rotatable bonds is 5. The van der Waals surface area contributed by atoms with Gasteiger partial charge in [0, 0.05) is 38.3 Å². The van der Waals surface area contributed by atoms with Crippen molar-refractivity contribution in [2.24, 2.45) is 0 Å². The molecule has 2 aromatic rings. The van der Waals surface area contributed by atoms with Crippen LogP contribution < -0.4 is 5.32 Å². The van der Waals surface area contributed by atoms with Crippen molar-refractivity contribution in [2.45, 2.75) is 38.6 Å². The van der Waals surface area contributed by atoms with Crippen LogP contribution in [0.25, 0.3) is 5.65 Å². The zero-order chi connectivity index (χ0) is 20.0. The van der Waals surface area contributed by atoms with E-state index in [4.69, 9.17) is 0 Å². The molecule has 0 bridgehead atoms. The molecule has 2 aromatic heterocycles. The molecule has 0 aliphatic carbocycles. The number of sulfone groups is 1. The lowest BCUT2D eigenvalue weighted by Gasteiger charge is -2.24. The molecule has 7 nitrogen and oxygen atoms in total. The fourth-order valence-electron chi connectivity index (χ4n) is 3.02. The van der Waals surface area contributed by atoms with Crippen LogP contribution >= 0.6 is 0 Å². The number of nitrogens with zero attached hydrogens (tertiary/aromatic N) is 4. The lowest BCUT2D eigenvalue weighted by Crippen LogP contribution is -2.28. The number of hydrogen-bond donors (Lipinski definition) is 1. The Hall–Kier alpha value is -2.19. The summed E-state index contributed by atoms with van der Waals surface area (Å²) in [7, 11) is 0.192. The van der Waals surface area contributed by atoms with Crippen LogP contribution in [0.5, 0.6) is 0 Å². The quantitative estimate of drug-likeness (QED) is 0.790. The number of hydrogen-bond acceptors (Lipinski definition) is 6. The summed E-state index contributed by atoms with van der Waals surface area (Å²) in [4.78, 5) is 6.80.